The standard InChI is InChI=1S/C9H14O2.CO2/c1-3-4-5-6-7-8-9(10)11-2;2-1-3/h3-4,7-8H2,1-2H3;. The summed E-state index contributed by atoms with van der Waals surface area (Å²) < 4.78 is 4.45. The molecule has 0 amide bonds. The maximum atomic E-state index is 10.6. The van der Waals surface area contributed by atoms with E-state index in [0.29, 0.717) is 12.8 Å². The third-order valence-electron chi connectivity index (χ3n) is 1.18. The highest BCUT2D eigenvalue weighted by molar-refractivity contribution is 5.69. The first-order chi connectivity index (χ1) is 6.72. The van der Waals surface area contributed by atoms with E-state index in [-0.39, 0.29) is 12.1 Å². The molecule has 0 bridgehead atoms. The topological polar surface area (TPSA) is 60.4 Å². The van der Waals surface area contributed by atoms with E-state index in [4.69, 9.17) is 9.59 Å². The van der Waals surface area contributed by atoms with E-state index in [1.165, 1.54) is 7.11 Å². The van der Waals surface area contributed by atoms with Crippen LogP contribution in [0.5, 0.6) is 0 Å². The zero-order valence-electron chi connectivity index (χ0n) is 8.46. The van der Waals surface area contributed by atoms with Crippen LogP contribution in [0.4, 0.5) is 0 Å². The van der Waals surface area contributed by atoms with Gasteiger partial charge >= 0.3 is 12.1 Å². The number of carbonyl (C=O) groups excluding carboxylic acids is 3. The molecule has 0 N–H and O–H groups in total. The first-order valence-electron chi connectivity index (χ1n) is 4.24. The van der Waals surface area contributed by atoms with Crippen molar-refractivity contribution in [2.75, 3.05) is 7.11 Å². The SMILES string of the molecule is CCCC#CCCC(=O)OC.O=C=O. The normalized spacial score (nSPS) is 7.00. The van der Waals surface area contributed by atoms with Crippen LogP contribution in [0.2, 0.25) is 0 Å². The monoisotopic (exact) mass is 198 g/mol. The van der Waals surface area contributed by atoms with Crippen LogP contribution in [-0.4, -0.2) is 19.2 Å². The van der Waals surface area contributed by atoms with Gasteiger partial charge < -0.3 is 4.74 Å². The van der Waals surface area contributed by atoms with Gasteiger partial charge in [0.2, 0.25) is 0 Å². The summed E-state index contributed by atoms with van der Waals surface area (Å²) in [6, 6.07) is 0. The van der Waals surface area contributed by atoms with Crippen LogP contribution in [0.15, 0.2) is 0 Å². The third kappa shape index (κ3) is 16.8. The minimum Gasteiger partial charge on any atom is -0.469 e. The molecule has 0 aromatic rings. The lowest BCUT2D eigenvalue weighted by Crippen LogP contribution is -1.98. The van der Waals surface area contributed by atoms with Gasteiger partial charge in [-0.2, -0.15) is 9.59 Å². The lowest BCUT2D eigenvalue weighted by Gasteiger charge is -1.91. The molecule has 0 rings (SSSR count). The first-order valence-corrected chi connectivity index (χ1v) is 4.24. The Morgan fingerprint density at radius 1 is 1.21 bits per heavy atom. The molecular formula is C10H14O4. The van der Waals surface area contributed by atoms with E-state index >= 15 is 0 Å². The Morgan fingerprint density at radius 3 is 2.14 bits per heavy atom. The Labute approximate surface area is 83.6 Å². The van der Waals surface area contributed by atoms with Crippen molar-refractivity contribution in [1.82, 2.24) is 0 Å². The second kappa shape index (κ2) is 14.0. The van der Waals surface area contributed by atoms with Gasteiger partial charge in [-0.3, -0.25) is 4.79 Å². The largest absolute Gasteiger partial charge is 0.469 e. The van der Waals surface area contributed by atoms with Gasteiger partial charge in [-0.1, -0.05) is 6.92 Å². The van der Waals surface area contributed by atoms with Gasteiger partial charge in [-0.05, 0) is 6.42 Å². The van der Waals surface area contributed by atoms with Crippen molar-refractivity contribution >= 4 is 12.1 Å². The average molecular weight is 198 g/mol. The molecule has 0 heterocycles. The van der Waals surface area contributed by atoms with Gasteiger partial charge in [0.1, 0.15) is 0 Å². The van der Waals surface area contributed by atoms with Crippen molar-refractivity contribution < 1.29 is 19.1 Å². The smallest absolute Gasteiger partial charge is 0.373 e. The first kappa shape index (κ1) is 14.9. The number of hydrogen-bond donors (Lipinski definition) is 0. The summed E-state index contributed by atoms with van der Waals surface area (Å²) in [7, 11) is 1.39. The molecule has 4 nitrogen and oxygen atoms in total. The molecule has 0 aliphatic carbocycles. The van der Waals surface area contributed by atoms with Crippen molar-refractivity contribution in [2.24, 2.45) is 0 Å². The Balaban J connectivity index is 0. The van der Waals surface area contributed by atoms with Gasteiger partial charge in [0.15, 0.2) is 0 Å². The summed E-state index contributed by atoms with van der Waals surface area (Å²) in [5.41, 5.74) is 0. The lowest BCUT2D eigenvalue weighted by atomic mass is 10.3. The number of unbranched alkanes of at least 4 members (excludes halogenated alkanes) is 1. The predicted molar refractivity (Wildman–Crippen MR) is 48.9 cm³/mol. The molecule has 0 atom stereocenters. The number of esters is 1. The number of methoxy groups -OCH3 is 1. The Kier molecular flexibility index (Phi) is 14.9. The van der Waals surface area contributed by atoms with Crippen LogP contribution in [0.25, 0.3) is 0 Å². The molecule has 0 saturated heterocycles. The van der Waals surface area contributed by atoms with Crippen molar-refractivity contribution in [1.29, 1.82) is 0 Å². The maximum absolute atomic E-state index is 10.6. The Morgan fingerprint density at radius 2 is 1.71 bits per heavy atom. The summed E-state index contributed by atoms with van der Waals surface area (Å²) in [5, 5.41) is 0. The predicted octanol–water partition coefficient (Wildman–Crippen LogP) is 1.16. The fourth-order valence-electron chi connectivity index (χ4n) is 0.568. The maximum Gasteiger partial charge on any atom is 0.373 e. The van der Waals surface area contributed by atoms with Gasteiger partial charge in [0.05, 0.1) is 13.5 Å². The lowest BCUT2D eigenvalue weighted by molar-refractivity contribution is -0.191. The summed E-state index contributed by atoms with van der Waals surface area (Å²) in [6.45, 7) is 2.08. The highest BCUT2D eigenvalue weighted by Gasteiger charge is 1.94. The Bertz CT molecular complexity index is 228. The van der Waals surface area contributed by atoms with Crippen molar-refractivity contribution in [3.8, 4) is 11.8 Å². The molecule has 78 valence electrons. The Hall–Kier alpha value is -1.59. The molecule has 0 unspecified atom stereocenters. The van der Waals surface area contributed by atoms with E-state index in [1.807, 2.05) is 0 Å². The number of rotatable bonds is 3. The van der Waals surface area contributed by atoms with Crippen LogP contribution in [-0.2, 0) is 19.1 Å². The van der Waals surface area contributed by atoms with E-state index in [9.17, 15) is 4.79 Å². The second-order valence-electron chi connectivity index (χ2n) is 2.26. The average Bonchev–Trinajstić information content (AvgIpc) is 2.18. The zero-order chi connectivity index (χ0) is 11.2. The van der Waals surface area contributed by atoms with E-state index in [2.05, 4.69) is 23.5 Å². The van der Waals surface area contributed by atoms with Gasteiger partial charge in [-0.15, -0.1) is 11.8 Å². The summed E-state index contributed by atoms with van der Waals surface area (Å²) in [5.74, 6) is 5.67. The van der Waals surface area contributed by atoms with Crippen LogP contribution in [0.1, 0.15) is 32.6 Å². The molecule has 4 heteroatoms. The van der Waals surface area contributed by atoms with Gasteiger partial charge in [0, 0.05) is 12.8 Å². The summed E-state index contributed by atoms with van der Waals surface area (Å²) in [4.78, 5) is 26.8. The van der Waals surface area contributed by atoms with Crippen LogP contribution in [0, 0.1) is 11.8 Å². The molecule has 0 spiro atoms. The molecule has 0 aliphatic rings. The van der Waals surface area contributed by atoms with Gasteiger partial charge in [0.25, 0.3) is 0 Å². The molecule has 0 saturated carbocycles. The van der Waals surface area contributed by atoms with Gasteiger partial charge in [-0.25, -0.2) is 0 Å². The van der Waals surface area contributed by atoms with E-state index in [1.54, 1.807) is 0 Å². The minimum atomic E-state index is -0.184. The van der Waals surface area contributed by atoms with E-state index in [0.717, 1.165) is 12.8 Å². The number of hydrogen-bond acceptors (Lipinski definition) is 4. The number of carbonyl (C=O) groups is 1. The molecule has 14 heavy (non-hydrogen) atoms. The van der Waals surface area contributed by atoms with Crippen LogP contribution >= 0.6 is 0 Å². The summed E-state index contributed by atoms with van der Waals surface area (Å²) in [6.07, 6.45) is 3.27. The quantitative estimate of drug-likeness (QED) is 0.504. The van der Waals surface area contributed by atoms with Crippen LogP contribution < -0.4 is 0 Å². The van der Waals surface area contributed by atoms with Crippen molar-refractivity contribution in [3.63, 3.8) is 0 Å². The molecule has 0 fully saturated rings. The highest BCUT2D eigenvalue weighted by Crippen LogP contribution is 1.90. The number of ether oxygens (including phenoxy) is 1. The third-order valence-corrected chi connectivity index (χ3v) is 1.18. The molecule has 0 aliphatic heterocycles. The van der Waals surface area contributed by atoms with Crippen molar-refractivity contribution in [2.45, 2.75) is 32.6 Å². The second-order valence-corrected chi connectivity index (χ2v) is 2.26. The van der Waals surface area contributed by atoms with Crippen molar-refractivity contribution in [3.05, 3.63) is 0 Å². The minimum absolute atomic E-state index is 0.184. The molecule has 0 radical (unpaired) electrons. The molecule has 0 aromatic carbocycles. The molecule has 0 aromatic heterocycles. The zero-order valence-corrected chi connectivity index (χ0v) is 8.46. The van der Waals surface area contributed by atoms with Crippen LogP contribution in [0.3, 0.4) is 0 Å². The van der Waals surface area contributed by atoms with E-state index < -0.39 is 0 Å². The molecular weight excluding hydrogens is 184 g/mol. The fraction of sp³-hybridized carbons (Fsp3) is 0.600. The fourth-order valence-corrected chi connectivity index (χ4v) is 0.568. The highest BCUT2D eigenvalue weighted by atomic mass is 16.5. The summed E-state index contributed by atoms with van der Waals surface area (Å²) >= 11 is 0.